The highest BCUT2D eigenvalue weighted by atomic mass is 19.3. The first-order chi connectivity index (χ1) is 19.1. The van der Waals surface area contributed by atoms with Gasteiger partial charge < -0.3 is 19.3 Å². The molecule has 5 rings (SSSR count). The molecule has 0 bridgehead atoms. The maximum Gasteiger partial charge on any atom is 0.410 e. The van der Waals surface area contributed by atoms with Gasteiger partial charge in [0.05, 0.1) is 11.5 Å². The molecule has 11 heteroatoms. The third kappa shape index (κ3) is 5.84. The molecule has 1 aromatic rings. The Labute approximate surface area is 241 Å². The van der Waals surface area contributed by atoms with Crippen molar-refractivity contribution < 1.29 is 32.7 Å². The molecule has 230 valence electrons. The fourth-order valence-corrected chi connectivity index (χ4v) is 7.29. The van der Waals surface area contributed by atoms with Gasteiger partial charge in [0.2, 0.25) is 17.7 Å². The number of likely N-dealkylation sites (tertiary alicyclic amines) is 2. The summed E-state index contributed by atoms with van der Waals surface area (Å²) in [5, 5.41) is 15.3. The maximum atomic E-state index is 13.9. The fourth-order valence-electron chi connectivity index (χ4n) is 7.29. The van der Waals surface area contributed by atoms with Crippen molar-refractivity contribution in [1.29, 1.82) is 0 Å². The number of alkyl halides is 2. The number of hydrogen-bond acceptors (Lipinski definition) is 7. The minimum atomic E-state index is -2.62. The maximum absolute atomic E-state index is 13.9. The third-order valence-electron chi connectivity index (χ3n) is 10.3. The second-order valence-corrected chi connectivity index (χ2v) is 14.3. The normalized spacial score (nSPS) is 28.0. The van der Waals surface area contributed by atoms with Gasteiger partial charge in [0.1, 0.15) is 11.6 Å². The molecule has 0 radical (unpaired) electrons. The summed E-state index contributed by atoms with van der Waals surface area (Å²) in [6, 6.07) is -0.780. The number of ether oxygens (including phenoxy) is 1. The lowest BCUT2D eigenvalue weighted by molar-refractivity contribution is -0.153. The van der Waals surface area contributed by atoms with Crippen molar-refractivity contribution in [2.24, 2.45) is 11.3 Å². The predicted octanol–water partition coefficient (Wildman–Crippen LogP) is 5.42. The SMILES string of the molecule is CC(C)C1(c2nc(C3CCC(F)(F)CC3)no2)CCN(C(=O)[C@@H]2C[C@@H](O)C3(CCC3)CN2C(=O)OC(C)(C)C)CC1. The zero-order chi connectivity index (χ0) is 29.8. The van der Waals surface area contributed by atoms with Crippen molar-refractivity contribution in [3.63, 3.8) is 0 Å². The van der Waals surface area contributed by atoms with E-state index in [2.05, 4.69) is 19.0 Å². The lowest BCUT2D eigenvalue weighted by atomic mass is 9.61. The van der Waals surface area contributed by atoms with Crippen molar-refractivity contribution in [2.45, 2.75) is 134 Å². The van der Waals surface area contributed by atoms with E-state index in [4.69, 9.17) is 14.2 Å². The number of nitrogens with zero attached hydrogens (tertiary/aromatic N) is 4. The molecule has 2 aliphatic carbocycles. The second kappa shape index (κ2) is 10.8. The molecule has 2 saturated carbocycles. The molecule has 2 atom stereocenters. The summed E-state index contributed by atoms with van der Waals surface area (Å²) in [6.07, 6.45) is 3.30. The molecule has 9 nitrogen and oxygen atoms in total. The molecule has 1 spiro atoms. The number of aromatic nitrogens is 2. The van der Waals surface area contributed by atoms with E-state index in [1.165, 1.54) is 0 Å². The highest BCUT2D eigenvalue weighted by molar-refractivity contribution is 5.86. The van der Waals surface area contributed by atoms with E-state index in [0.29, 0.717) is 57.0 Å². The van der Waals surface area contributed by atoms with Crippen LogP contribution in [0.25, 0.3) is 0 Å². The predicted molar refractivity (Wildman–Crippen MR) is 146 cm³/mol. The van der Waals surface area contributed by atoms with Gasteiger partial charge in [0, 0.05) is 50.2 Å². The van der Waals surface area contributed by atoms with E-state index in [-0.39, 0.29) is 42.4 Å². The van der Waals surface area contributed by atoms with E-state index < -0.39 is 35.2 Å². The summed E-state index contributed by atoms with van der Waals surface area (Å²) in [4.78, 5) is 35.3. The number of halogens is 2. The van der Waals surface area contributed by atoms with Crippen molar-refractivity contribution in [3.8, 4) is 0 Å². The van der Waals surface area contributed by atoms with Crippen LogP contribution in [-0.2, 0) is 14.9 Å². The largest absolute Gasteiger partial charge is 0.444 e. The molecule has 2 aliphatic heterocycles. The smallest absolute Gasteiger partial charge is 0.410 e. The van der Waals surface area contributed by atoms with Gasteiger partial charge in [-0.1, -0.05) is 25.4 Å². The van der Waals surface area contributed by atoms with E-state index in [1.807, 2.05) is 20.8 Å². The Bertz CT molecular complexity index is 1110. The van der Waals surface area contributed by atoms with E-state index in [0.717, 1.165) is 19.3 Å². The Morgan fingerprint density at radius 1 is 1.07 bits per heavy atom. The zero-order valence-corrected chi connectivity index (χ0v) is 25.1. The molecule has 4 aliphatic rings. The molecule has 1 N–H and O–H groups in total. The van der Waals surface area contributed by atoms with Crippen LogP contribution in [0.3, 0.4) is 0 Å². The first kappa shape index (κ1) is 30.2. The standard InChI is InChI=1S/C30H46F2N4O5/c1-19(2)29(25-33-23(34-41-25)20-7-11-30(31,32)12-8-20)13-15-35(16-14-29)24(38)21-17-22(37)28(9-6-10-28)18-36(21)26(39)40-27(3,4)5/h19-22,37H,6-18H2,1-5H3/t21-,22+/m0/s1. The average Bonchev–Trinajstić information content (AvgIpc) is 3.36. The Kier molecular flexibility index (Phi) is 7.92. The second-order valence-electron chi connectivity index (χ2n) is 14.3. The van der Waals surface area contributed by atoms with E-state index in [1.54, 1.807) is 9.80 Å². The van der Waals surface area contributed by atoms with Crippen LogP contribution in [0.1, 0.15) is 116 Å². The Morgan fingerprint density at radius 2 is 1.71 bits per heavy atom. The summed E-state index contributed by atoms with van der Waals surface area (Å²) >= 11 is 0. The summed E-state index contributed by atoms with van der Waals surface area (Å²) in [5.74, 6) is -1.75. The monoisotopic (exact) mass is 580 g/mol. The molecule has 2 amide bonds. The highest BCUT2D eigenvalue weighted by Gasteiger charge is 2.54. The first-order valence-corrected chi connectivity index (χ1v) is 15.3. The number of carbonyl (C=O) groups excluding carboxylic acids is 2. The molecule has 0 aromatic carbocycles. The minimum Gasteiger partial charge on any atom is -0.444 e. The summed E-state index contributed by atoms with van der Waals surface area (Å²) in [6.45, 7) is 10.8. The lowest BCUT2D eigenvalue weighted by Crippen LogP contribution is -2.65. The van der Waals surface area contributed by atoms with E-state index in [9.17, 15) is 23.5 Å². The van der Waals surface area contributed by atoms with Crippen LogP contribution in [0.4, 0.5) is 13.6 Å². The van der Waals surface area contributed by atoms with Crippen molar-refractivity contribution >= 4 is 12.0 Å². The molecule has 3 heterocycles. The molecule has 0 unspecified atom stereocenters. The number of piperidine rings is 2. The number of hydrogen-bond donors (Lipinski definition) is 1. The van der Waals surface area contributed by atoms with Gasteiger partial charge in [0.15, 0.2) is 5.82 Å². The van der Waals surface area contributed by atoms with Crippen molar-refractivity contribution in [3.05, 3.63) is 11.7 Å². The number of aliphatic hydroxyl groups excluding tert-OH is 1. The van der Waals surface area contributed by atoms with Crippen LogP contribution in [-0.4, -0.2) is 80.4 Å². The van der Waals surface area contributed by atoms with Crippen LogP contribution in [0, 0.1) is 11.3 Å². The van der Waals surface area contributed by atoms with Gasteiger partial charge in [-0.3, -0.25) is 9.69 Å². The Balaban J connectivity index is 1.29. The van der Waals surface area contributed by atoms with E-state index >= 15 is 0 Å². The van der Waals surface area contributed by atoms with Crippen LogP contribution in [0.15, 0.2) is 4.52 Å². The molecule has 4 fully saturated rings. The molecular weight excluding hydrogens is 534 g/mol. The van der Waals surface area contributed by atoms with Gasteiger partial charge in [-0.25, -0.2) is 13.6 Å². The Morgan fingerprint density at radius 3 is 2.24 bits per heavy atom. The summed E-state index contributed by atoms with van der Waals surface area (Å²) < 4.78 is 38.8. The first-order valence-electron chi connectivity index (χ1n) is 15.3. The van der Waals surface area contributed by atoms with Crippen LogP contribution in [0.2, 0.25) is 0 Å². The van der Waals surface area contributed by atoms with Gasteiger partial charge >= 0.3 is 6.09 Å². The minimum absolute atomic E-state index is 0.131. The molecule has 1 aromatic heterocycles. The number of carbonyl (C=O) groups is 2. The van der Waals surface area contributed by atoms with Gasteiger partial charge in [0.25, 0.3) is 0 Å². The zero-order valence-electron chi connectivity index (χ0n) is 25.1. The third-order valence-corrected chi connectivity index (χ3v) is 10.3. The topological polar surface area (TPSA) is 109 Å². The summed E-state index contributed by atoms with van der Waals surface area (Å²) in [5.41, 5.74) is -1.49. The summed E-state index contributed by atoms with van der Waals surface area (Å²) in [7, 11) is 0. The van der Waals surface area contributed by atoms with Crippen molar-refractivity contribution in [1.82, 2.24) is 19.9 Å². The van der Waals surface area contributed by atoms with Gasteiger partial charge in [-0.15, -0.1) is 0 Å². The lowest BCUT2D eigenvalue weighted by Gasteiger charge is -2.54. The van der Waals surface area contributed by atoms with Crippen molar-refractivity contribution in [2.75, 3.05) is 19.6 Å². The fraction of sp³-hybridized carbons (Fsp3) is 0.867. The average molecular weight is 581 g/mol. The van der Waals surface area contributed by atoms with Gasteiger partial charge in [-0.05, 0) is 65.2 Å². The van der Waals surface area contributed by atoms with Gasteiger partial charge in [-0.2, -0.15) is 4.98 Å². The number of amides is 2. The molecular formula is C30H46F2N4O5. The quantitative estimate of drug-likeness (QED) is 0.507. The van der Waals surface area contributed by atoms with Crippen LogP contribution >= 0.6 is 0 Å². The van der Waals surface area contributed by atoms with Crippen LogP contribution in [0.5, 0.6) is 0 Å². The number of aliphatic hydroxyl groups is 1. The number of rotatable bonds is 4. The van der Waals surface area contributed by atoms with Crippen LogP contribution < -0.4 is 0 Å². The molecule has 2 saturated heterocycles. The molecule has 41 heavy (non-hydrogen) atoms. The highest BCUT2D eigenvalue weighted by Crippen LogP contribution is 2.50. The Hall–Kier alpha value is -2.30.